The molecule has 2 rings (SSSR count). The average molecular weight is 254 g/mol. The van der Waals surface area contributed by atoms with E-state index in [1.807, 2.05) is 0 Å². The van der Waals surface area contributed by atoms with Crippen molar-refractivity contribution in [3.05, 3.63) is 23.5 Å². The Morgan fingerprint density at radius 1 is 1.35 bits per heavy atom. The minimum absolute atomic E-state index is 0.132. The van der Waals surface area contributed by atoms with E-state index >= 15 is 0 Å². The second-order valence-electron chi connectivity index (χ2n) is 4.43. The van der Waals surface area contributed by atoms with Crippen LogP contribution in [-0.4, -0.2) is 17.4 Å². The van der Waals surface area contributed by atoms with Crippen molar-refractivity contribution in [2.24, 2.45) is 5.92 Å². The fourth-order valence-corrected chi connectivity index (χ4v) is 2.33. The normalized spacial score (nSPS) is 16.8. The third-order valence-electron chi connectivity index (χ3n) is 3.12. The van der Waals surface area contributed by atoms with Crippen molar-refractivity contribution < 1.29 is 9.53 Å². The van der Waals surface area contributed by atoms with E-state index in [2.05, 4.69) is 4.98 Å². The largest absolute Gasteiger partial charge is 0.484 e. The first-order valence-electron chi connectivity index (χ1n) is 6.02. The summed E-state index contributed by atoms with van der Waals surface area (Å²) in [4.78, 5) is 15.8. The Morgan fingerprint density at radius 3 is 2.82 bits per heavy atom. The van der Waals surface area contributed by atoms with Gasteiger partial charge in [-0.25, -0.2) is 0 Å². The van der Waals surface area contributed by atoms with Crippen LogP contribution in [-0.2, 0) is 4.79 Å². The van der Waals surface area contributed by atoms with Gasteiger partial charge < -0.3 is 4.74 Å². The molecule has 4 heteroatoms. The van der Waals surface area contributed by atoms with Gasteiger partial charge in [-0.15, -0.1) is 0 Å². The minimum Gasteiger partial charge on any atom is -0.484 e. The molecule has 0 unspecified atom stereocenters. The van der Waals surface area contributed by atoms with E-state index in [1.165, 1.54) is 12.6 Å². The molecule has 1 aliphatic rings. The van der Waals surface area contributed by atoms with Crippen LogP contribution in [0.5, 0.6) is 5.75 Å². The van der Waals surface area contributed by atoms with Crippen molar-refractivity contribution in [3.63, 3.8) is 0 Å². The van der Waals surface area contributed by atoms with E-state index < -0.39 is 0 Å². The van der Waals surface area contributed by atoms with Crippen LogP contribution in [0.4, 0.5) is 0 Å². The van der Waals surface area contributed by atoms with Crippen LogP contribution in [0.25, 0.3) is 0 Å². The molecule has 92 valence electrons. The Hall–Kier alpha value is -1.09. The van der Waals surface area contributed by atoms with Gasteiger partial charge in [0.05, 0.1) is 11.2 Å². The lowest BCUT2D eigenvalue weighted by atomic mass is 9.86. The molecule has 0 aliphatic heterocycles. The van der Waals surface area contributed by atoms with Gasteiger partial charge in [0.1, 0.15) is 12.4 Å². The van der Waals surface area contributed by atoms with E-state index in [9.17, 15) is 4.79 Å². The Labute approximate surface area is 106 Å². The summed E-state index contributed by atoms with van der Waals surface area (Å²) >= 11 is 5.78. The summed E-state index contributed by atoms with van der Waals surface area (Å²) in [5.74, 6) is 0.947. The van der Waals surface area contributed by atoms with Crippen LogP contribution in [0.15, 0.2) is 18.5 Å². The molecule has 1 saturated carbocycles. The molecule has 0 aromatic carbocycles. The number of halogens is 1. The van der Waals surface area contributed by atoms with Crippen molar-refractivity contribution in [2.45, 2.75) is 32.1 Å². The Morgan fingerprint density at radius 2 is 2.12 bits per heavy atom. The average Bonchev–Trinajstić information content (AvgIpc) is 2.37. The summed E-state index contributed by atoms with van der Waals surface area (Å²) in [6, 6.07) is 1.67. The zero-order chi connectivity index (χ0) is 12.1. The molecule has 0 spiro atoms. The third-order valence-corrected chi connectivity index (χ3v) is 3.33. The van der Waals surface area contributed by atoms with Gasteiger partial charge in [-0.2, -0.15) is 0 Å². The van der Waals surface area contributed by atoms with E-state index in [0.717, 1.165) is 25.7 Å². The van der Waals surface area contributed by atoms with Gasteiger partial charge >= 0.3 is 0 Å². The van der Waals surface area contributed by atoms with Gasteiger partial charge in [0.2, 0.25) is 0 Å². The summed E-state index contributed by atoms with van der Waals surface area (Å²) in [6.45, 7) is 0.132. The van der Waals surface area contributed by atoms with Gasteiger partial charge in [-0.1, -0.05) is 30.9 Å². The highest BCUT2D eigenvalue weighted by atomic mass is 35.5. The van der Waals surface area contributed by atoms with Gasteiger partial charge in [0.15, 0.2) is 5.78 Å². The maximum atomic E-state index is 11.9. The second-order valence-corrected chi connectivity index (χ2v) is 4.87. The van der Waals surface area contributed by atoms with Gasteiger partial charge in [0, 0.05) is 18.2 Å². The Bertz CT molecular complexity index is 389. The molecule has 1 heterocycles. The SMILES string of the molecule is O=C(COc1cncc(Cl)c1)C1CCCCC1. The van der Waals surface area contributed by atoms with Crippen LogP contribution in [0.3, 0.4) is 0 Å². The third kappa shape index (κ3) is 3.70. The lowest BCUT2D eigenvalue weighted by Crippen LogP contribution is -2.23. The first kappa shape index (κ1) is 12.4. The first-order chi connectivity index (χ1) is 8.25. The predicted molar refractivity (Wildman–Crippen MR) is 66.3 cm³/mol. The quantitative estimate of drug-likeness (QED) is 0.827. The summed E-state index contributed by atoms with van der Waals surface area (Å²) < 4.78 is 5.41. The van der Waals surface area contributed by atoms with Gasteiger partial charge in [-0.3, -0.25) is 9.78 Å². The smallest absolute Gasteiger partial charge is 0.173 e. The number of carbonyl (C=O) groups excluding carboxylic acids is 1. The van der Waals surface area contributed by atoms with E-state index in [4.69, 9.17) is 16.3 Å². The lowest BCUT2D eigenvalue weighted by Gasteiger charge is -2.20. The molecule has 0 atom stereocenters. The minimum atomic E-state index is 0.132. The van der Waals surface area contributed by atoms with Crippen molar-refractivity contribution >= 4 is 17.4 Å². The molecule has 1 fully saturated rings. The number of hydrogen-bond donors (Lipinski definition) is 0. The van der Waals surface area contributed by atoms with Crippen LogP contribution < -0.4 is 4.74 Å². The molecule has 1 aromatic heterocycles. The molecular weight excluding hydrogens is 238 g/mol. The Kier molecular flexibility index (Phi) is 4.37. The molecular formula is C13H16ClNO2. The molecule has 0 N–H and O–H groups in total. The molecule has 0 amide bonds. The summed E-state index contributed by atoms with van der Waals surface area (Å²) in [5, 5.41) is 0.521. The van der Waals surface area contributed by atoms with Crippen LogP contribution in [0.1, 0.15) is 32.1 Å². The molecule has 1 aliphatic carbocycles. The van der Waals surface area contributed by atoms with Gasteiger partial charge in [-0.05, 0) is 12.8 Å². The van der Waals surface area contributed by atoms with Crippen molar-refractivity contribution in [1.29, 1.82) is 0 Å². The summed E-state index contributed by atoms with van der Waals surface area (Å²) in [5.41, 5.74) is 0. The number of nitrogens with zero attached hydrogens (tertiary/aromatic N) is 1. The molecule has 1 aromatic rings. The predicted octanol–water partition coefficient (Wildman–Crippen LogP) is 3.26. The van der Waals surface area contributed by atoms with E-state index in [1.54, 1.807) is 12.3 Å². The highest BCUT2D eigenvalue weighted by Gasteiger charge is 2.21. The number of rotatable bonds is 4. The van der Waals surface area contributed by atoms with Crippen molar-refractivity contribution in [1.82, 2.24) is 4.98 Å². The zero-order valence-corrected chi connectivity index (χ0v) is 10.4. The fourth-order valence-electron chi connectivity index (χ4n) is 2.17. The molecule has 0 bridgehead atoms. The number of ether oxygens (including phenoxy) is 1. The number of hydrogen-bond acceptors (Lipinski definition) is 3. The number of carbonyl (C=O) groups is 1. The van der Waals surface area contributed by atoms with E-state index in [-0.39, 0.29) is 18.3 Å². The monoisotopic (exact) mass is 253 g/mol. The fraction of sp³-hybridized carbons (Fsp3) is 0.538. The Balaban J connectivity index is 1.83. The summed E-state index contributed by atoms with van der Waals surface area (Å²) in [7, 11) is 0. The number of pyridine rings is 1. The standard InChI is InChI=1S/C13H16ClNO2/c14-11-6-12(8-15-7-11)17-9-13(16)10-4-2-1-3-5-10/h6-8,10H,1-5,9H2. The maximum Gasteiger partial charge on any atom is 0.173 e. The van der Waals surface area contributed by atoms with Crippen molar-refractivity contribution in [3.8, 4) is 5.75 Å². The zero-order valence-electron chi connectivity index (χ0n) is 9.69. The van der Waals surface area contributed by atoms with Crippen molar-refractivity contribution in [2.75, 3.05) is 6.61 Å². The lowest BCUT2D eigenvalue weighted by molar-refractivity contribution is -0.125. The summed E-state index contributed by atoms with van der Waals surface area (Å²) in [6.07, 6.45) is 8.70. The molecule has 0 saturated heterocycles. The van der Waals surface area contributed by atoms with E-state index in [0.29, 0.717) is 10.8 Å². The number of aromatic nitrogens is 1. The first-order valence-corrected chi connectivity index (χ1v) is 6.39. The van der Waals surface area contributed by atoms with Crippen LogP contribution in [0.2, 0.25) is 5.02 Å². The molecule has 17 heavy (non-hydrogen) atoms. The highest BCUT2D eigenvalue weighted by Crippen LogP contribution is 2.24. The maximum absolute atomic E-state index is 11.9. The van der Waals surface area contributed by atoms with Crippen LogP contribution in [0, 0.1) is 5.92 Å². The second kappa shape index (κ2) is 6.01. The highest BCUT2D eigenvalue weighted by molar-refractivity contribution is 6.30. The van der Waals surface area contributed by atoms with Gasteiger partial charge in [0.25, 0.3) is 0 Å². The molecule has 3 nitrogen and oxygen atoms in total. The molecule has 0 radical (unpaired) electrons. The number of ketones is 1. The topological polar surface area (TPSA) is 39.2 Å². The number of Topliss-reactive ketones (excluding diaryl/α,β-unsaturated/α-hetero) is 1. The van der Waals surface area contributed by atoms with Crippen LogP contribution >= 0.6 is 11.6 Å².